The van der Waals surface area contributed by atoms with Crippen molar-refractivity contribution in [3.63, 3.8) is 0 Å². The standard InChI is InChI=1S/C14H21NO4S/c1-3-8-15(9-10-16)20(18,19)13-7-5-6-12(11-13)14(17)4-2/h5-7,11,16H,3-4,8-10H2,1-2H3. The summed E-state index contributed by atoms with van der Waals surface area (Å²) in [5, 5.41) is 8.99. The van der Waals surface area contributed by atoms with Crippen molar-refractivity contribution in [2.45, 2.75) is 31.6 Å². The Bertz CT molecular complexity index is 548. The van der Waals surface area contributed by atoms with Crippen molar-refractivity contribution in [2.75, 3.05) is 19.7 Å². The van der Waals surface area contributed by atoms with Gasteiger partial charge in [-0.2, -0.15) is 4.31 Å². The summed E-state index contributed by atoms with van der Waals surface area (Å²) in [5.41, 5.74) is 0.397. The van der Waals surface area contributed by atoms with Gasteiger partial charge in [0.25, 0.3) is 0 Å². The molecular weight excluding hydrogens is 278 g/mol. The van der Waals surface area contributed by atoms with Crippen LogP contribution in [0.4, 0.5) is 0 Å². The van der Waals surface area contributed by atoms with Gasteiger partial charge in [-0.25, -0.2) is 8.42 Å². The molecule has 1 aromatic carbocycles. The minimum absolute atomic E-state index is 0.0577. The van der Waals surface area contributed by atoms with Gasteiger partial charge in [0.15, 0.2) is 5.78 Å². The van der Waals surface area contributed by atoms with Crippen LogP contribution in [0.15, 0.2) is 29.2 Å². The lowest BCUT2D eigenvalue weighted by Crippen LogP contribution is -2.34. The van der Waals surface area contributed by atoms with E-state index in [1.807, 2.05) is 6.92 Å². The van der Waals surface area contributed by atoms with Gasteiger partial charge in [-0.15, -0.1) is 0 Å². The highest BCUT2D eigenvalue weighted by atomic mass is 32.2. The number of rotatable bonds is 8. The van der Waals surface area contributed by atoms with Gasteiger partial charge >= 0.3 is 0 Å². The molecule has 1 rings (SSSR count). The number of hydrogen-bond donors (Lipinski definition) is 1. The summed E-state index contributed by atoms with van der Waals surface area (Å²) < 4.78 is 26.2. The Morgan fingerprint density at radius 2 is 1.95 bits per heavy atom. The summed E-state index contributed by atoms with van der Waals surface area (Å²) in [5.74, 6) is -0.0914. The van der Waals surface area contributed by atoms with E-state index in [0.29, 0.717) is 24.9 Å². The minimum Gasteiger partial charge on any atom is -0.395 e. The van der Waals surface area contributed by atoms with Crippen molar-refractivity contribution in [3.05, 3.63) is 29.8 Å². The maximum Gasteiger partial charge on any atom is 0.243 e. The first-order chi connectivity index (χ1) is 9.47. The molecule has 20 heavy (non-hydrogen) atoms. The number of Topliss-reactive ketones (excluding diaryl/α,β-unsaturated/α-hetero) is 1. The van der Waals surface area contributed by atoms with E-state index in [-0.39, 0.29) is 23.8 Å². The first-order valence-corrected chi connectivity index (χ1v) is 8.15. The Morgan fingerprint density at radius 1 is 1.25 bits per heavy atom. The van der Waals surface area contributed by atoms with Crippen LogP contribution in [-0.4, -0.2) is 43.3 Å². The molecule has 0 amide bonds. The molecular formula is C14H21NO4S. The molecule has 1 N–H and O–H groups in total. The van der Waals surface area contributed by atoms with E-state index in [1.54, 1.807) is 19.1 Å². The predicted molar refractivity (Wildman–Crippen MR) is 77.2 cm³/mol. The van der Waals surface area contributed by atoms with E-state index in [0.717, 1.165) is 0 Å². The van der Waals surface area contributed by atoms with Crippen LogP contribution in [0, 0.1) is 0 Å². The topological polar surface area (TPSA) is 74.7 Å². The normalized spacial score (nSPS) is 11.8. The van der Waals surface area contributed by atoms with Crippen LogP contribution >= 0.6 is 0 Å². The van der Waals surface area contributed by atoms with E-state index in [4.69, 9.17) is 5.11 Å². The second-order valence-electron chi connectivity index (χ2n) is 4.43. The van der Waals surface area contributed by atoms with Gasteiger partial charge in [0, 0.05) is 25.1 Å². The molecule has 0 aliphatic rings. The van der Waals surface area contributed by atoms with Gasteiger partial charge in [0.1, 0.15) is 0 Å². The molecule has 112 valence electrons. The number of carbonyl (C=O) groups excluding carboxylic acids is 1. The Balaban J connectivity index is 3.16. The van der Waals surface area contributed by atoms with Crippen molar-refractivity contribution in [2.24, 2.45) is 0 Å². The van der Waals surface area contributed by atoms with Gasteiger partial charge in [0.05, 0.1) is 11.5 Å². The van der Waals surface area contributed by atoms with Gasteiger partial charge in [-0.3, -0.25) is 4.79 Å². The molecule has 0 bridgehead atoms. The Labute approximate surface area is 120 Å². The number of hydrogen-bond acceptors (Lipinski definition) is 4. The van der Waals surface area contributed by atoms with Gasteiger partial charge in [-0.05, 0) is 18.6 Å². The van der Waals surface area contributed by atoms with Crippen molar-refractivity contribution >= 4 is 15.8 Å². The Kier molecular flexibility index (Phi) is 6.32. The molecule has 0 aromatic heterocycles. The highest BCUT2D eigenvalue weighted by Crippen LogP contribution is 2.18. The van der Waals surface area contributed by atoms with Crippen LogP contribution in [-0.2, 0) is 10.0 Å². The second-order valence-corrected chi connectivity index (χ2v) is 6.37. The molecule has 0 aliphatic heterocycles. The van der Waals surface area contributed by atoms with Crippen LogP contribution in [0.25, 0.3) is 0 Å². The van der Waals surface area contributed by atoms with Crippen LogP contribution in [0.3, 0.4) is 0 Å². The molecule has 1 aromatic rings. The highest BCUT2D eigenvalue weighted by Gasteiger charge is 2.23. The van der Waals surface area contributed by atoms with Crippen LogP contribution in [0.1, 0.15) is 37.0 Å². The molecule has 0 saturated carbocycles. The third-order valence-electron chi connectivity index (χ3n) is 2.94. The summed E-state index contributed by atoms with van der Waals surface area (Å²) in [6, 6.07) is 6.06. The second kappa shape index (κ2) is 7.52. The molecule has 5 nitrogen and oxygen atoms in total. The maximum atomic E-state index is 12.5. The van der Waals surface area contributed by atoms with Crippen molar-refractivity contribution in [1.29, 1.82) is 0 Å². The van der Waals surface area contributed by atoms with Crippen LogP contribution in [0.2, 0.25) is 0 Å². The fraction of sp³-hybridized carbons (Fsp3) is 0.500. The number of aliphatic hydroxyl groups excluding tert-OH is 1. The zero-order valence-corrected chi connectivity index (χ0v) is 12.7. The third kappa shape index (κ3) is 3.88. The molecule has 0 radical (unpaired) electrons. The lowest BCUT2D eigenvalue weighted by Gasteiger charge is -2.20. The molecule has 0 aliphatic carbocycles. The van der Waals surface area contributed by atoms with E-state index < -0.39 is 10.0 Å². The van der Waals surface area contributed by atoms with E-state index in [1.165, 1.54) is 16.4 Å². The predicted octanol–water partition coefficient (Wildman–Crippen LogP) is 1.67. The smallest absolute Gasteiger partial charge is 0.243 e. The zero-order valence-electron chi connectivity index (χ0n) is 11.9. The minimum atomic E-state index is -3.67. The molecule has 0 saturated heterocycles. The summed E-state index contributed by atoms with van der Waals surface area (Å²) in [7, 11) is -3.67. The van der Waals surface area contributed by atoms with E-state index in [9.17, 15) is 13.2 Å². The van der Waals surface area contributed by atoms with Crippen LogP contribution in [0.5, 0.6) is 0 Å². The van der Waals surface area contributed by atoms with Crippen molar-refractivity contribution in [3.8, 4) is 0 Å². The van der Waals surface area contributed by atoms with Gasteiger partial charge in [-0.1, -0.05) is 26.0 Å². The Morgan fingerprint density at radius 3 is 2.50 bits per heavy atom. The number of carbonyl (C=O) groups is 1. The number of sulfonamides is 1. The van der Waals surface area contributed by atoms with E-state index in [2.05, 4.69) is 0 Å². The SMILES string of the molecule is CCCN(CCO)S(=O)(=O)c1cccc(C(=O)CC)c1. The van der Waals surface area contributed by atoms with E-state index >= 15 is 0 Å². The molecule has 0 unspecified atom stereocenters. The highest BCUT2D eigenvalue weighted by molar-refractivity contribution is 7.89. The lowest BCUT2D eigenvalue weighted by atomic mass is 10.1. The average molecular weight is 299 g/mol. The van der Waals surface area contributed by atoms with Gasteiger partial charge in [0.2, 0.25) is 10.0 Å². The number of aliphatic hydroxyl groups is 1. The van der Waals surface area contributed by atoms with Crippen molar-refractivity contribution in [1.82, 2.24) is 4.31 Å². The average Bonchev–Trinajstić information content (AvgIpc) is 2.46. The first-order valence-electron chi connectivity index (χ1n) is 6.71. The van der Waals surface area contributed by atoms with Crippen LogP contribution < -0.4 is 0 Å². The largest absolute Gasteiger partial charge is 0.395 e. The quantitative estimate of drug-likeness (QED) is 0.741. The summed E-state index contributed by atoms with van der Waals surface area (Å²) in [6.45, 7) is 3.78. The number of benzene rings is 1. The molecule has 0 heterocycles. The number of ketones is 1. The fourth-order valence-electron chi connectivity index (χ4n) is 1.90. The summed E-state index contributed by atoms with van der Waals surface area (Å²) >= 11 is 0. The zero-order chi connectivity index (χ0) is 15.2. The third-order valence-corrected chi connectivity index (χ3v) is 4.83. The van der Waals surface area contributed by atoms with Gasteiger partial charge < -0.3 is 5.11 Å². The van der Waals surface area contributed by atoms with Crippen molar-refractivity contribution < 1.29 is 18.3 Å². The summed E-state index contributed by atoms with van der Waals surface area (Å²) in [6.07, 6.45) is 0.992. The molecule has 0 atom stereocenters. The molecule has 0 spiro atoms. The first kappa shape index (κ1) is 16.8. The number of nitrogens with zero attached hydrogens (tertiary/aromatic N) is 1. The maximum absolute atomic E-state index is 12.5. The monoisotopic (exact) mass is 299 g/mol. The fourth-order valence-corrected chi connectivity index (χ4v) is 3.47. The molecule has 6 heteroatoms. The molecule has 0 fully saturated rings. The lowest BCUT2D eigenvalue weighted by molar-refractivity contribution is 0.0988. The Hall–Kier alpha value is -1.24. The summed E-state index contributed by atoms with van der Waals surface area (Å²) in [4.78, 5) is 11.8.